The zero-order valence-corrected chi connectivity index (χ0v) is 11.9. The minimum Gasteiger partial charge on any atom is -0.335 e. The van der Waals surface area contributed by atoms with Gasteiger partial charge in [0.15, 0.2) is 0 Å². The molecule has 2 aliphatic heterocycles. The lowest BCUT2D eigenvalue weighted by atomic mass is 9.89. The van der Waals surface area contributed by atoms with E-state index in [9.17, 15) is 14.4 Å². The molecule has 1 aromatic heterocycles. The van der Waals surface area contributed by atoms with Gasteiger partial charge in [-0.1, -0.05) is 0 Å². The number of nitrogens with zero attached hydrogens (tertiary/aromatic N) is 1. The highest BCUT2D eigenvalue weighted by Gasteiger charge is 2.49. The van der Waals surface area contributed by atoms with E-state index in [-0.39, 0.29) is 18.4 Å². The van der Waals surface area contributed by atoms with Crippen molar-refractivity contribution in [2.45, 2.75) is 25.3 Å². The number of amides is 4. The number of aryl methyl sites for hydroxylation is 1. The highest BCUT2D eigenvalue weighted by atomic mass is 32.1. The predicted molar refractivity (Wildman–Crippen MR) is 73.6 cm³/mol. The molecule has 4 amide bonds. The van der Waals surface area contributed by atoms with Gasteiger partial charge in [0, 0.05) is 11.4 Å². The Morgan fingerprint density at radius 2 is 2.20 bits per heavy atom. The third kappa shape index (κ3) is 2.07. The first-order valence-electron chi connectivity index (χ1n) is 6.49. The van der Waals surface area contributed by atoms with Gasteiger partial charge in [0.25, 0.3) is 11.8 Å². The number of piperidine rings is 1. The van der Waals surface area contributed by atoms with Crippen molar-refractivity contribution < 1.29 is 14.4 Å². The summed E-state index contributed by atoms with van der Waals surface area (Å²) in [5.41, 5.74) is -0.947. The fourth-order valence-corrected chi connectivity index (χ4v) is 3.59. The number of likely N-dealkylation sites (tertiary alicyclic amines) is 1. The zero-order chi connectivity index (χ0) is 14.3. The number of nitrogens with one attached hydrogen (secondary N) is 2. The molecule has 1 unspecified atom stereocenters. The average Bonchev–Trinajstić information content (AvgIpc) is 2.94. The fraction of sp³-hybridized carbons (Fsp3) is 0.462. The van der Waals surface area contributed by atoms with Crippen molar-refractivity contribution >= 4 is 29.2 Å². The standard InChI is InChI=1S/C13H15N3O3S/c1-8-3-4-9(20-8)10(17)16-6-2-5-13(7-16)11(18)14-12(19)15-13/h3-4H,2,5-7H2,1H3,(H2,14,15,18,19). The van der Waals surface area contributed by atoms with Crippen LogP contribution in [0, 0.1) is 6.92 Å². The van der Waals surface area contributed by atoms with E-state index in [0.29, 0.717) is 24.3 Å². The maximum atomic E-state index is 12.4. The van der Waals surface area contributed by atoms with Crippen LogP contribution in [0.15, 0.2) is 12.1 Å². The van der Waals surface area contributed by atoms with Gasteiger partial charge < -0.3 is 10.2 Å². The molecule has 0 radical (unpaired) electrons. The number of carbonyl (C=O) groups is 3. The predicted octanol–water partition coefficient (Wildman–Crippen LogP) is 0.871. The van der Waals surface area contributed by atoms with Crippen LogP contribution in [0.5, 0.6) is 0 Å². The summed E-state index contributed by atoms with van der Waals surface area (Å²) >= 11 is 1.44. The van der Waals surface area contributed by atoms with Crippen LogP contribution in [0.1, 0.15) is 27.4 Å². The molecule has 6 nitrogen and oxygen atoms in total. The summed E-state index contributed by atoms with van der Waals surface area (Å²) < 4.78 is 0. The first kappa shape index (κ1) is 13.1. The molecular formula is C13H15N3O3S. The van der Waals surface area contributed by atoms with E-state index in [0.717, 1.165) is 4.88 Å². The monoisotopic (exact) mass is 293 g/mol. The number of urea groups is 1. The lowest BCUT2D eigenvalue weighted by Gasteiger charge is -2.37. The van der Waals surface area contributed by atoms with Crippen molar-refractivity contribution in [1.82, 2.24) is 15.5 Å². The molecule has 20 heavy (non-hydrogen) atoms. The largest absolute Gasteiger partial charge is 0.335 e. The van der Waals surface area contributed by atoms with Crippen LogP contribution in [-0.4, -0.2) is 41.4 Å². The van der Waals surface area contributed by atoms with Crippen molar-refractivity contribution in [1.29, 1.82) is 0 Å². The highest BCUT2D eigenvalue weighted by Crippen LogP contribution is 2.27. The molecule has 1 atom stereocenters. The first-order valence-corrected chi connectivity index (χ1v) is 7.31. The van der Waals surface area contributed by atoms with Crippen LogP contribution in [-0.2, 0) is 4.79 Å². The fourth-order valence-electron chi connectivity index (χ4n) is 2.75. The van der Waals surface area contributed by atoms with E-state index < -0.39 is 11.6 Å². The summed E-state index contributed by atoms with van der Waals surface area (Å²) in [4.78, 5) is 39.1. The van der Waals surface area contributed by atoms with Crippen LogP contribution in [0.4, 0.5) is 4.79 Å². The molecule has 106 valence electrons. The minimum absolute atomic E-state index is 0.0730. The second-order valence-electron chi connectivity index (χ2n) is 5.23. The Labute approximate surface area is 120 Å². The van der Waals surface area contributed by atoms with Crippen LogP contribution in [0.25, 0.3) is 0 Å². The van der Waals surface area contributed by atoms with Crippen LogP contribution in [0.3, 0.4) is 0 Å². The van der Waals surface area contributed by atoms with Gasteiger partial charge in [-0.15, -0.1) is 11.3 Å². The van der Waals surface area contributed by atoms with Gasteiger partial charge in [-0.3, -0.25) is 14.9 Å². The molecule has 0 aromatic carbocycles. The molecule has 0 aliphatic carbocycles. The average molecular weight is 293 g/mol. The molecule has 2 aliphatic rings. The second kappa shape index (κ2) is 4.59. The number of rotatable bonds is 1. The normalized spacial score (nSPS) is 25.8. The van der Waals surface area contributed by atoms with Gasteiger partial charge in [-0.25, -0.2) is 4.79 Å². The molecule has 0 bridgehead atoms. The summed E-state index contributed by atoms with van der Waals surface area (Å²) in [6.45, 7) is 2.80. The van der Waals surface area contributed by atoms with E-state index in [1.165, 1.54) is 11.3 Å². The molecule has 1 aromatic rings. The maximum absolute atomic E-state index is 12.4. The number of hydrogen-bond donors (Lipinski definition) is 2. The lowest BCUT2D eigenvalue weighted by molar-refractivity contribution is -0.125. The Morgan fingerprint density at radius 3 is 2.80 bits per heavy atom. The van der Waals surface area contributed by atoms with Crippen LogP contribution in [0.2, 0.25) is 0 Å². The summed E-state index contributed by atoms with van der Waals surface area (Å²) in [6.07, 6.45) is 1.27. The van der Waals surface area contributed by atoms with Gasteiger partial charge in [0.1, 0.15) is 5.54 Å². The Bertz CT molecular complexity index is 597. The van der Waals surface area contributed by atoms with Gasteiger partial charge in [-0.2, -0.15) is 0 Å². The second-order valence-corrected chi connectivity index (χ2v) is 6.52. The van der Waals surface area contributed by atoms with Crippen LogP contribution < -0.4 is 10.6 Å². The lowest BCUT2D eigenvalue weighted by Crippen LogP contribution is -2.59. The molecular weight excluding hydrogens is 278 g/mol. The molecule has 7 heteroatoms. The van der Waals surface area contributed by atoms with Gasteiger partial charge in [0.05, 0.1) is 11.4 Å². The van der Waals surface area contributed by atoms with Crippen molar-refractivity contribution in [3.63, 3.8) is 0 Å². The van der Waals surface area contributed by atoms with Gasteiger partial charge in [0.2, 0.25) is 0 Å². The summed E-state index contributed by atoms with van der Waals surface area (Å²) in [7, 11) is 0. The first-order chi connectivity index (χ1) is 9.50. The van der Waals surface area contributed by atoms with E-state index in [1.54, 1.807) is 11.0 Å². The Kier molecular flexibility index (Phi) is 3.01. The van der Waals surface area contributed by atoms with Gasteiger partial charge >= 0.3 is 6.03 Å². The zero-order valence-electron chi connectivity index (χ0n) is 11.1. The minimum atomic E-state index is -0.947. The smallest absolute Gasteiger partial charge is 0.322 e. The van der Waals surface area contributed by atoms with Gasteiger partial charge in [-0.05, 0) is 31.9 Å². The summed E-state index contributed by atoms with van der Waals surface area (Å²) in [5.74, 6) is -0.404. The number of carbonyl (C=O) groups excluding carboxylic acids is 3. The summed E-state index contributed by atoms with van der Waals surface area (Å²) in [5, 5.41) is 4.93. The number of thiophene rings is 1. The van der Waals surface area contributed by atoms with Crippen molar-refractivity contribution in [2.75, 3.05) is 13.1 Å². The third-order valence-electron chi connectivity index (χ3n) is 3.75. The summed E-state index contributed by atoms with van der Waals surface area (Å²) in [6, 6.07) is 3.23. The molecule has 3 rings (SSSR count). The Hall–Kier alpha value is -1.89. The van der Waals surface area contributed by atoms with E-state index in [4.69, 9.17) is 0 Å². The molecule has 3 heterocycles. The van der Waals surface area contributed by atoms with E-state index in [2.05, 4.69) is 10.6 Å². The topological polar surface area (TPSA) is 78.5 Å². The molecule has 2 N–H and O–H groups in total. The highest BCUT2D eigenvalue weighted by molar-refractivity contribution is 7.13. The van der Waals surface area contributed by atoms with Crippen molar-refractivity contribution in [3.8, 4) is 0 Å². The van der Waals surface area contributed by atoms with E-state index in [1.807, 2.05) is 13.0 Å². The Morgan fingerprint density at radius 1 is 1.40 bits per heavy atom. The molecule has 2 saturated heterocycles. The number of imide groups is 1. The third-order valence-corrected chi connectivity index (χ3v) is 4.73. The quantitative estimate of drug-likeness (QED) is 0.754. The SMILES string of the molecule is Cc1ccc(C(=O)N2CCCC3(C2)NC(=O)NC3=O)s1. The van der Waals surface area contributed by atoms with Crippen molar-refractivity contribution in [3.05, 3.63) is 21.9 Å². The van der Waals surface area contributed by atoms with Crippen molar-refractivity contribution in [2.24, 2.45) is 0 Å². The maximum Gasteiger partial charge on any atom is 0.322 e. The van der Waals surface area contributed by atoms with Crippen LogP contribution >= 0.6 is 11.3 Å². The van der Waals surface area contributed by atoms with E-state index >= 15 is 0 Å². The Balaban J connectivity index is 1.80. The number of hydrogen-bond acceptors (Lipinski definition) is 4. The molecule has 2 fully saturated rings. The molecule has 1 spiro atoms. The molecule has 0 saturated carbocycles.